The van der Waals surface area contributed by atoms with Crippen molar-refractivity contribution in [1.82, 2.24) is 14.3 Å². The van der Waals surface area contributed by atoms with E-state index in [1.165, 1.54) is 17.1 Å². The number of Topliss-reactive ketones (excluding diaryl/α,β-unsaturated/α-hetero) is 1. The first-order valence-electron chi connectivity index (χ1n) is 10.9. The molecule has 1 aromatic carbocycles. The Morgan fingerprint density at radius 2 is 1.85 bits per heavy atom. The number of amides is 1. The van der Waals surface area contributed by atoms with Crippen LogP contribution in [-0.4, -0.2) is 40.9 Å². The van der Waals surface area contributed by atoms with Gasteiger partial charge in [0.25, 0.3) is 0 Å². The molecule has 0 saturated carbocycles. The number of hydrogen-bond acceptors (Lipinski definition) is 7. The van der Waals surface area contributed by atoms with Crippen LogP contribution >= 0.6 is 0 Å². The molecule has 34 heavy (non-hydrogen) atoms. The van der Waals surface area contributed by atoms with Crippen LogP contribution in [0.3, 0.4) is 0 Å². The van der Waals surface area contributed by atoms with Gasteiger partial charge in [0, 0.05) is 30.9 Å². The maximum atomic E-state index is 13.6. The number of carbonyl (C=O) groups excluding carboxylic acids is 2. The summed E-state index contributed by atoms with van der Waals surface area (Å²) in [5, 5.41) is 8.22. The first-order valence-corrected chi connectivity index (χ1v) is 12.4. The molecule has 0 atom stereocenters. The monoisotopic (exact) mass is 481 g/mol. The highest BCUT2D eigenvalue weighted by molar-refractivity contribution is 7.90. The van der Waals surface area contributed by atoms with Crippen LogP contribution in [0.2, 0.25) is 0 Å². The van der Waals surface area contributed by atoms with Crippen molar-refractivity contribution in [3.05, 3.63) is 59.4 Å². The topological polar surface area (TPSA) is 122 Å². The Labute approximate surface area is 198 Å². The molecule has 0 unspecified atom stereocenters. The summed E-state index contributed by atoms with van der Waals surface area (Å²) in [6.07, 6.45) is 1.49. The lowest BCUT2D eigenvalue weighted by molar-refractivity contribution is -0.114. The van der Waals surface area contributed by atoms with Gasteiger partial charge in [-0.25, -0.2) is 17.4 Å². The first kappa shape index (κ1) is 23.7. The third kappa shape index (κ3) is 4.34. The van der Waals surface area contributed by atoms with Crippen molar-refractivity contribution < 1.29 is 18.0 Å². The molecule has 3 N–H and O–H groups in total. The Bertz CT molecular complexity index is 1380. The number of benzene rings is 1. The summed E-state index contributed by atoms with van der Waals surface area (Å²) in [7, 11) is -3.86. The Morgan fingerprint density at radius 1 is 1.15 bits per heavy atom. The van der Waals surface area contributed by atoms with E-state index in [4.69, 9.17) is 0 Å². The molecular formula is C24H27N5O4S. The summed E-state index contributed by atoms with van der Waals surface area (Å²) in [5.41, 5.74) is 3.75. The van der Waals surface area contributed by atoms with Gasteiger partial charge in [0.15, 0.2) is 5.78 Å². The van der Waals surface area contributed by atoms with E-state index in [2.05, 4.69) is 20.9 Å². The van der Waals surface area contributed by atoms with Gasteiger partial charge in [-0.15, -0.1) is 0 Å². The number of fused-ring (bicyclic) bond motifs is 1. The van der Waals surface area contributed by atoms with Crippen LogP contribution in [0.4, 0.5) is 17.2 Å². The van der Waals surface area contributed by atoms with Crippen molar-refractivity contribution >= 4 is 38.9 Å². The fraction of sp³-hybridized carbons (Fsp3) is 0.292. The van der Waals surface area contributed by atoms with Crippen molar-refractivity contribution in [2.75, 3.05) is 17.2 Å². The van der Waals surface area contributed by atoms with Gasteiger partial charge in [-0.3, -0.25) is 9.59 Å². The standard InChI is InChI=1S/C24H27N5O4S/c1-14(2)34(32,33)29-19-12-25-13-20(31)22(19)23(28-18-7-5-15(3)6-8-18)24(29)17-9-10-26-21(11-17)27-16(4)30/h5-11,14,25,28H,12-13H2,1-4H3,(H,26,27,30). The number of pyridine rings is 1. The summed E-state index contributed by atoms with van der Waals surface area (Å²) in [4.78, 5) is 28.8. The fourth-order valence-electron chi connectivity index (χ4n) is 3.93. The molecule has 10 heteroatoms. The Balaban J connectivity index is 2.05. The van der Waals surface area contributed by atoms with E-state index in [1.807, 2.05) is 31.2 Å². The van der Waals surface area contributed by atoms with Crippen molar-refractivity contribution in [1.29, 1.82) is 0 Å². The lowest BCUT2D eigenvalue weighted by Crippen LogP contribution is -2.33. The predicted octanol–water partition coefficient (Wildman–Crippen LogP) is 3.43. The average Bonchev–Trinajstić information content (AvgIpc) is 3.11. The molecule has 1 amide bonds. The third-order valence-electron chi connectivity index (χ3n) is 5.59. The summed E-state index contributed by atoms with van der Waals surface area (Å²) >= 11 is 0. The predicted molar refractivity (Wildman–Crippen MR) is 132 cm³/mol. The van der Waals surface area contributed by atoms with E-state index < -0.39 is 15.3 Å². The normalized spacial score (nSPS) is 13.6. The van der Waals surface area contributed by atoms with Gasteiger partial charge in [0.2, 0.25) is 15.9 Å². The highest BCUT2D eigenvalue weighted by atomic mass is 32.2. The van der Waals surface area contributed by atoms with Crippen LogP contribution in [0.15, 0.2) is 42.6 Å². The Hall–Kier alpha value is -3.50. The lowest BCUT2D eigenvalue weighted by atomic mass is 10.0. The number of aromatic nitrogens is 2. The van der Waals surface area contributed by atoms with Crippen LogP contribution < -0.4 is 16.0 Å². The number of rotatable bonds is 6. The Morgan fingerprint density at radius 3 is 2.50 bits per heavy atom. The molecule has 2 aromatic heterocycles. The average molecular weight is 482 g/mol. The summed E-state index contributed by atoms with van der Waals surface area (Å²) in [5.74, 6) is -0.221. The zero-order valence-corrected chi connectivity index (χ0v) is 20.3. The van der Waals surface area contributed by atoms with Gasteiger partial charge in [-0.1, -0.05) is 17.7 Å². The first-order chi connectivity index (χ1) is 16.1. The van der Waals surface area contributed by atoms with Gasteiger partial charge >= 0.3 is 0 Å². The fourth-order valence-corrected chi connectivity index (χ4v) is 5.26. The molecular weight excluding hydrogens is 454 g/mol. The van der Waals surface area contributed by atoms with Gasteiger partial charge in [0.1, 0.15) is 5.82 Å². The van der Waals surface area contributed by atoms with E-state index in [0.29, 0.717) is 28.2 Å². The van der Waals surface area contributed by atoms with Crippen LogP contribution in [0, 0.1) is 6.92 Å². The quantitative estimate of drug-likeness (QED) is 0.493. The van der Waals surface area contributed by atoms with E-state index in [0.717, 1.165) is 11.3 Å². The van der Waals surface area contributed by atoms with E-state index in [9.17, 15) is 18.0 Å². The molecule has 0 saturated heterocycles. The maximum Gasteiger partial charge on any atom is 0.241 e. The summed E-state index contributed by atoms with van der Waals surface area (Å²) < 4.78 is 28.4. The van der Waals surface area contributed by atoms with Crippen molar-refractivity contribution in [3.8, 4) is 11.3 Å². The largest absolute Gasteiger partial charge is 0.353 e. The summed E-state index contributed by atoms with van der Waals surface area (Å²) in [6.45, 7) is 6.87. The SMILES string of the molecule is CC(=O)Nc1cc(-c2c(Nc3ccc(C)cc3)c3c(n2S(=O)(=O)C(C)C)CNCC3=O)ccn1. The number of nitrogens with one attached hydrogen (secondary N) is 3. The van der Waals surface area contributed by atoms with Gasteiger partial charge < -0.3 is 16.0 Å². The minimum absolute atomic E-state index is 0.105. The van der Waals surface area contributed by atoms with Crippen LogP contribution in [0.25, 0.3) is 11.3 Å². The molecule has 3 heterocycles. The third-order valence-corrected chi connectivity index (χ3v) is 7.69. The van der Waals surface area contributed by atoms with Crippen LogP contribution in [-0.2, 0) is 21.4 Å². The van der Waals surface area contributed by atoms with Gasteiger partial charge in [-0.2, -0.15) is 0 Å². The van der Waals surface area contributed by atoms with Crippen LogP contribution in [0.1, 0.15) is 42.4 Å². The molecule has 0 bridgehead atoms. The number of aryl methyl sites for hydroxylation is 1. The number of anilines is 3. The molecule has 4 rings (SSSR count). The van der Waals surface area contributed by atoms with E-state index in [-0.39, 0.29) is 30.6 Å². The highest BCUT2D eigenvalue weighted by Crippen LogP contribution is 2.41. The number of carbonyl (C=O) groups is 2. The molecule has 0 radical (unpaired) electrons. The second-order valence-corrected chi connectivity index (χ2v) is 10.9. The van der Waals surface area contributed by atoms with E-state index in [1.54, 1.807) is 26.0 Å². The number of hydrogen-bond donors (Lipinski definition) is 3. The number of ketones is 1. The van der Waals surface area contributed by atoms with Crippen molar-refractivity contribution in [3.63, 3.8) is 0 Å². The molecule has 1 aliphatic rings. The van der Waals surface area contributed by atoms with Crippen molar-refractivity contribution in [2.24, 2.45) is 0 Å². The molecule has 0 aliphatic carbocycles. The number of nitrogens with zero attached hydrogens (tertiary/aromatic N) is 2. The maximum absolute atomic E-state index is 13.6. The molecule has 9 nitrogen and oxygen atoms in total. The van der Waals surface area contributed by atoms with Crippen LogP contribution in [0.5, 0.6) is 0 Å². The van der Waals surface area contributed by atoms with Gasteiger partial charge in [-0.05, 0) is 45.0 Å². The molecule has 178 valence electrons. The Kier molecular flexibility index (Phi) is 6.28. The molecule has 0 spiro atoms. The second kappa shape index (κ2) is 9.03. The second-order valence-electron chi connectivity index (χ2n) is 8.53. The molecule has 3 aromatic rings. The molecule has 1 aliphatic heterocycles. The van der Waals surface area contributed by atoms with E-state index >= 15 is 0 Å². The van der Waals surface area contributed by atoms with Gasteiger partial charge in [0.05, 0.1) is 34.4 Å². The highest BCUT2D eigenvalue weighted by Gasteiger charge is 2.36. The zero-order valence-electron chi connectivity index (χ0n) is 19.5. The summed E-state index contributed by atoms with van der Waals surface area (Å²) in [6, 6.07) is 10.9. The minimum Gasteiger partial charge on any atom is -0.353 e. The smallest absolute Gasteiger partial charge is 0.241 e. The zero-order chi connectivity index (χ0) is 24.6. The van der Waals surface area contributed by atoms with Crippen molar-refractivity contribution in [2.45, 2.75) is 39.5 Å². The molecule has 0 fully saturated rings. The minimum atomic E-state index is -3.86. The lowest BCUT2D eigenvalue weighted by Gasteiger charge is -2.19.